The van der Waals surface area contributed by atoms with Gasteiger partial charge in [-0.15, -0.1) is 0 Å². The van der Waals surface area contributed by atoms with Gasteiger partial charge < -0.3 is 9.64 Å². The molecule has 1 aliphatic rings. The predicted molar refractivity (Wildman–Crippen MR) is 71.6 cm³/mol. The van der Waals surface area contributed by atoms with Crippen LogP contribution in [0.25, 0.3) is 0 Å². The normalized spacial score (nSPS) is 15.9. The van der Waals surface area contributed by atoms with Gasteiger partial charge in [0.1, 0.15) is 11.6 Å². The summed E-state index contributed by atoms with van der Waals surface area (Å²) in [7, 11) is 0. The molecule has 1 aromatic rings. The van der Waals surface area contributed by atoms with Gasteiger partial charge in [-0.05, 0) is 38.0 Å². The molecule has 1 heterocycles. The molecular weight excluding hydrogens is 280 g/mol. The number of hydrogen-bond acceptors (Lipinski definition) is 3. The summed E-state index contributed by atoms with van der Waals surface area (Å²) in [4.78, 5) is 25.2. The number of rotatable bonds is 3. The molecule has 6 heteroatoms. The van der Waals surface area contributed by atoms with E-state index >= 15 is 0 Å². The zero-order valence-corrected chi connectivity index (χ0v) is 11.8. The zero-order chi connectivity index (χ0) is 15.4. The molecule has 1 aliphatic heterocycles. The molecule has 4 nitrogen and oxygen atoms in total. The molecule has 21 heavy (non-hydrogen) atoms. The Hall–Kier alpha value is -1.98. The highest BCUT2D eigenvalue weighted by atomic mass is 19.1. The van der Waals surface area contributed by atoms with E-state index in [-0.39, 0.29) is 17.5 Å². The number of likely N-dealkylation sites (tertiary alicyclic amines) is 1. The van der Waals surface area contributed by atoms with Gasteiger partial charge >= 0.3 is 5.97 Å². The lowest BCUT2D eigenvalue weighted by atomic mass is 9.96. The van der Waals surface area contributed by atoms with Crippen LogP contribution >= 0.6 is 0 Å². The van der Waals surface area contributed by atoms with Crippen LogP contribution in [0.15, 0.2) is 18.2 Å². The number of benzene rings is 1. The molecule has 0 unspecified atom stereocenters. The third-order valence-corrected chi connectivity index (χ3v) is 3.56. The zero-order valence-electron chi connectivity index (χ0n) is 11.8. The molecule has 0 aromatic heterocycles. The number of amides is 1. The van der Waals surface area contributed by atoms with Crippen LogP contribution in [0.1, 0.15) is 30.1 Å². The molecule has 1 saturated heterocycles. The monoisotopic (exact) mass is 297 g/mol. The summed E-state index contributed by atoms with van der Waals surface area (Å²) >= 11 is 0. The standard InChI is InChI=1S/C15H17F2NO3/c1-2-21-15(20)10-5-7-18(8-6-10)14(19)12-9-11(16)3-4-13(12)17/h3-4,9-10H,2,5-8H2,1H3. The number of hydrogen-bond donors (Lipinski definition) is 0. The third-order valence-electron chi connectivity index (χ3n) is 3.56. The van der Waals surface area contributed by atoms with Gasteiger partial charge in [-0.3, -0.25) is 9.59 Å². The Bertz CT molecular complexity index is 540. The number of nitrogens with zero attached hydrogens (tertiary/aromatic N) is 1. The highest BCUT2D eigenvalue weighted by Crippen LogP contribution is 2.21. The first-order chi connectivity index (χ1) is 10.0. The molecule has 0 N–H and O–H groups in total. The first-order valence-corrected chi connectivity index (χ1v) is 6.94. The molecule has 0 spiro atoms. The minimum absolute atomic E-state index is 0.230. The fourth-order valence-corrected chi connectivity index (χ4v) is 2.41. The Labute approximate surface area is 121 Å². The minimum atomic E-state index is -0.742. The van der Waals surface area contributed by atoms with E-state index in [2.05, 4.69) is 0 Å². The van der Waals surface area contributed by atoms with Crippen LogP contribution in [0.3, 0.4) is 0 Å². The van der Waals surface area contributed by atoms with Crippen LogP contribution in [0.5, 0.6) is 0 Å². The van der Waals surface area contributed by atoms with E-state index < -0.39 is 17.5 Å². The van der Waals surface area contributed by atoms with Gasteiger partial charge in [0.25, 0.3) is 5.91 Å². The van der Waals surface area contributed by atoms with Crippen molar-refractivity contribution in [2.45, 2.75) is 19.8 Å². The predicted octanol–water partition coefficient (Wildman–Crippen LogP) is 2.38. The molecule has 1 fully saturated rings. The summed E-state index contributed by atoms with van der Waals surface area (Å²) < 4.78 is 31.7. The van der Waals surface area contributed by atoms with Crippen molar-refractivity contribution in [3.05, 3.63) is 35.4 Å². The molecule has 0 atom stereocenters. The van der Waals surface area contributed by atoms with Crippen LogP contribution in [-0.4, -0.2) is 36.5 Å². The number of ether oxygens (including phenoxy) is 1. The number of piperidine rings is 1. The molecule has 0 saturated carbocycles. The lowest BCUT2D eigenvalue weighted by molar-refractivity contribution is -0.149. The van der Waals surface area contributed by atoms with Crippen LogP contribution < -0.4 is 0 Å². The van der Waals surface area contributed by atoms with Crippen molar-refractivity contribution in [3.63, 3.8) is 0 Å². The third kappa shape index (κ3) is 3.56. The summed E-state index contributed by atoms with van der Waals surface area (Å²) in [6.07, 6.45) is 0.947. The van der Waals surface area contributed by atoms with Gasteiger partial charge in [-0.25, -0.2) is 8.78 Å². The summed E-state index contributed by atoms with van der Waals surface area (Å²) in [5.74, 6) is -2.43. The molecule has 0 radical (unpaired) electrons. The van der Waals surface area contributed by atoms with E-state index in [9.17, 15) is 18.4 Å². The second-order valence-corrected chi connectivity index (χ2v) is 4.94. The average Bonchev–Trinajstić information content (AvgIpc) is 2.49. The Morgan fingerprint density at radius 1 is 1.29 bits per heavy atom. The van der Waals surface area contributed by atoms with Crippen LogP contribution in [0.2, 0.25) is 0 Å². The van der Waals surface area contributed by atoms with Crippen molar-refractivity contribution in [1.29, 1.82) is 0 Å². The molecular formula is C15H17F2NO3. The summed E-state index contributed by atoms with van der Waals surface area (Å²) in [6.45, 7) is 2.73. The van der Waals surface area contributed by atoms with Crippen molar-refractivity contribution in [3.8, 4) is 0 Å². The second-order valence-electron chi connectivity index (χ2n) is 4.94. The van der Waals surface area contributed by atoms with Crippen molar-refractivity contribution in [1.82, 2.24) is 4.90 Å². The molecule has 1 amide bonds. The van der Waals surface area contributed by atoms with E-state index in [1.165, 1.54) is 4.90 Å². The maximum Gasteiger partial charge on any atom is 0.309 e. The average molecular weight is 297 g/mol. The maximum atomic E-state index is 13.6. The van der Waals surface area contributed by atoms with Crippen molar-refractivity contribution >= 4 is 11.9 Å². The van der Waals surface area contributed by atoms with Crippen LogP contribution in [0.4, 0.5) is 8.78 Å². The molecule has 0 bridgehead atoms. The summed E-state index contributed by atoms with van der Waals surface area (Å²) in [5, 5.41) is 0. The number of carbonyl (C=O) groups is 2. The Morgan fingerprint density at radius 3 is 2.57 bits per heavy atom. The minimum Gasteiger partial charge on any atom is -0.466 e. The van der Waals surface area contributed by atoms with Crippen LogP contribution in [-0.2, 0) is 9.53 Å². The SMILES string of the molecule is CCOC(=O)C1CCN(C(=O)c2cc(F)ccc2F)CC1. The maximum absolute atomic E-state index is 13.6. The van der Waals surface area contributed by atoms with E-state index in [1.807, 2.05) is 0 Å². The number of halogens is 2. The first kappa shape index (κ1) is 15.4. The topological polar surface area (TPSA) is 46.6 Å². The van der Waals surface area contributed by atoms with Gasteiger partial charge in [0, 0.05) is 13.1 Å². The highest BCUT2D eigenvalue weighted by molar-refractivity contribution is 5.94. The second kappa shape index (κ2) is 6.65. The molecule has 1 aromatic carbocycles. The van der Waals surface area contributed by atoms with Crippen molar-refractivity contribution < 1.29 is 23.1 Å². The Kier molecular flexibility index (Phi) is 4.88. The molecule has 0 aliphatic carbocycles. The molecule has 2 rings (SSSR count). The number of esters is 1. The lowest BCUT2D eigenvalue weighted by Gasteiger charge is -2.31. The fraction of sp³-hybridized carbons (Fsp3) is 0.467. The fourth-order valence-electron chi connectivity index (χ4n) is 2.41. The van der Waals surface area contributed by atoms with Crippen molar-refractivity contribution in [2.75, 3.05) is 19.7 Å². The Balaban J connectivity index is 2.00. The number of carbonyl (C=O) groups excluding carboxylic acids is 2. The van der Waals surface area contributed by atoms with Gasteiger partial charge in [-0.1, -0.05) is 0 Å². The van der Waals surface area contributed by atoms with E-state index in [4.69, 9.17) is 4.74 Å². The van der Waals surface area contributed by atoms with Gasteiger partial charge in [0.15, 0.2) is 0 Å². The highest BCUT2D eigenvalue weighted by Gasteiger charge is 2.29. The lowest BCUT2D eigenvalue weighted by Crippen LogP contribution is -2.41. The Morgan fingerprint density at radius 2 is 1.95 bits per heavy atom. The van der Waals surface area contributed by atoms with Crippen molar-refractivity contribution in [2.24, 2.45) is 5.92 Å². The van der Waals surface area contributed by atoms with Gasteiger partial charge in [0.05, 0.1) is 18.1 Å². The largest absolute Gasteiger partial charge is 0.466 e. The van der Waals surface area contributed by atoms with Gasteiger partial charge in [0.2, 0.25) is 0 Å². The van der Waals surface area contributed by atoms with E-state index in [1.54, 1.807) is 6.92 Å². The van der Waals surface area contributed by atoms with E-state index in [0.717, 1.165) is 18.2 Å². The van der Waals surface area contributed by atoms with Gasteiger partial charge in [-0.2, -0.15) is 0 Å². The van der Waals surface area contributed by atoms with Crippen LogP contribution in [0, 0.1) is 17.6 Å². The summed E-state index contributed by atoms with van der Waals surface area (Å²) in [6, 6.07) is 2.81. The quantitative estimate of drug-likeness (QED) is 0.805. The smallest absolute Gasteiger partial charge is 0.309 e. The first-order valence-electron chi connectivity index (χ1n) is 6.94. The van der Waals surface area contributed by atoms with E-state index in [0.29, 0.717) is 32.5 Å². The summed E-state index contributed by atoms with van der Waals surface area (Å²) in [5.41, 5.74) is -0.274. The molecule has 114 valence electrons.